The predicted molar refractivity (Wildman–Crippen MR) is 82.9 cm³/mol. The zero-order valence-corrected chi connectivity index (χ0v) is 13.2. The van der Waals surface area contributed by atoms with E-state index >= 15 is 0 Å². The number of aliphatic hydroxyl groups is 1. The van der Waals surface area contributed by atoms with E-state index in [2.05, 4.69) is 13.0 Å². The number of hydrogen-bond donors (Lipinski definition) is 1. The third-order valence-electron chi connectivity index (χ3n) is 5.31. The van der Waals surface area contributed by atoms with Crippen LogP contribution in [0.3, 0.4) is 0 Å². The van der Waals surface area contributed by atoms with E-state index in [0.29, 0.717) is 17.2 Å². The van der Waals surface area contributed by atoms with E-state index in [0.717, 1.165) is 32.1 Å². The molecule has 0 aromatic heterocycles. The molecular formula is C18H25NO2. The lowest BCUT2D eigenvalue weighted by atomic mass is 9.60. The van der Waals surface area contributed by atoms with Crippen molar-refractivity contribution in [1.82, 2.24) is 0 Å². The topological polar surface area (TPSA) is 53.2 Å². The number of nitriles is 1. The van der Waals surface area contributed by atoms with Gasteiger partial charge in [0.15, 0.2) is 0 Å². The smallest absolute Gasteiger partial charge is 0.124 e. The van der Waals surface area contributed by atoms with Crippen molar-refractivity contribution in [3.05, 3.63) is 29.8 Å². The minimum atomic E-state index is -1.20. The molecule has 3 heteroatoms. The highest BCUT2D eigenvalue weighted by Crippen LogP contribution is 2.52. The quantitative estimate of drug-likeness (QED) is 0.910. The first kappa shape index (κ1) is 15.9. The van der Waals surface area contributed by atoms with Gasteiger partial charge < -0.3 is 9.84 Å². The summed E-state index contributed by atoms with van der Waals surface area (Å²) in [5.74, 6) is 1.33. The number of para-hydroxylation sites is 1. The maximum absolute atomic E-state index is 11.2. The lowest BCUT2D eigenvalue weighted by Crippen LogP contribution is -2.45. The zero-order valence-electron chi connectivity index (χ0n) is 13.2. The maximum atomic E-state index is 11.2. The molecule has 0 bridgehead atoms. The minimum Gasteiger partial charge on any atom is -0.496 e. The van der Waals surface area contributed by atoms with Crippen LogP contribution in [-0.4, -0.2) is 12.2 Å². The van der Waals surface area contributed by atoms with E-state index in [1.165, 1.54) is 0 Å². The fourth-order valence-electron chi connectivity index (χ4n) is 3.59. The summed E-state index contributed by atoms with van der Waals surface area (Å²) in [5, 5.41) is 21.0. The monoisotopic (exact) mass is 287 g/mol. The van der Waals surface area contributed by atoms with E-state index in [9.17, 15) is 10.4 Å². The molecule has 1 aromatic carbocycles. The highest BCUT2D eigenvalue weighted by molar-refractivity contribution is 5.40. The van der Waals surface area contributed by atoms with Crippen molar-refractivity contribution in [3.63, 3.8) is 0 Å². The second-order valence-electron chi connectivity index (χ2n) is 6.32. The van der Waals surface area contributed by atoms with E-state index < -0.39 is 11.0 Å². The molecule has 0 spiro atoms. The first-order valence-corrected chi connectivity index (χ1v) is 7.78. The Labute approximate surface area is 127 Å². The van der Waals surface area contributed by atoms with Gasteiger partial charge in [-0.3, -0.25) is 0 Å². The van der Waals surface area contributed by atoms with Crippen molar-refractivity contribution >= 4 is 0 Å². The van der Waals surface area contributed by atoms with Gasteiger partial charge in [-0.2, -0.15) is 5.26 Å². The predicted octanol–water partition coefficient (Wildman–Crippen LogP) is 4.01. The number of ether oxygens (including phenoxy) is 1. The van der Waals surface area contributed by atoms with Gasteiger partial charge >= 0.3 is 0 Å². The molecule has 2 rings (SSSR count). The SMILES string of the molecule is CCC1CCC(C#N)(C(C)(O)c2ccccc2OC)CC1. The van der Waals surface area contributed by atoms with Gasteiger partial charge in [0.25, 0.3) is 0 Å². The molecule has 1 unspecified atom stereocenters. The molecule has 1 fully saturated rings. The third kappa shape index (κ3) is 2.65. The van der Waals surface area contributed by atoms with E-state index in [1.54, 1.807) is 14.0 Å². The normalized spacial score (nSPS) is 28.4. The van der Waals surface area contributed by atoms with Crippen LogP contribution in [0.2, 0.25) is 0 Å². The first-order valence-electron chi connectivity index (χ1n) is 7.78. The Morgan fingerprint density at radius 3 is 2.52 bits per heavy atom. The fraction of sp³-hybridized carbons (Fsp3) is 0.611. The lowest BCUT2D eigenvalue weighted by Gasteiger charge is -2.45. The molecule has 0 radical (unpaired) electrons. The van der Waals surface area contributed by atoms with Gasteiger partial charge in [0.1, 0.15) is 11.4 Å². The molecule has 114 valence electrons. The van der Waals surface area contributed by atoms with Crippen LogP contribution in [0, 0.1) is 22.7 Å². The van der Waals surface area contributed by atoms with Gasteiger partial charge in [-0.15, -0.1) is 0 Å². The molecule has 0 heterocycles. The molecule has 1 aromatic rings. The summed E-state index contributed by atoms with van der Waals surface area (Å²) in [6, 6.07) is 9.92. The van der Waals surface area contributed by atoms with Crippen molar-refractivity contribution in [2.24, 2.45) is 11.3 Å². The Kier molecular flexibility index (Phi) is 4.58. The summed E-state index contributed by atoms with van der Waals surface area (Å²) in [4.78, 5) is 0. The molecule has 1 aliphatic rings. The molecular weight excluding hydrogens is 262 g/mol. The number of methoxy groups -OCH3 is 1. The summed E-state index contributed by atoms with van der Waals surface area (Å²) in [7, 11) is 1.60. The Bertz CT molecular complexity index is 522. The largest absolute Gasteiger partial charge is 0.496 e. The van der Waals surface area contributed by atoms with Gasteiger partial charge in [-0.25, -0.2) is 0 Å². The molecule has 1 atom stereocenters. The molecule has 1 N–H and O–H groups in total. The van der Waals surface area contributed by atoms with Gasteiger partial charge in [-0.1, -0.05) is 31.5 Å². The summed E-state index contributed by atoms with van der Waals surface area (Å²) in [6.07, 6.45) is 4.66. The van der Waals surface area contributed by atoms with Gasteiger partial charge in [0, 0.05) is 5.56 Å². The highest BCUT2D eigenvalue weighted by Gasteiger charge is 2.51. The van der Waals surface area contributed by atoms with Crippen LogP contribution in [-0.2, 0) is 5.60 Å². The lowest BCUT2D eigenvalue weighted by molar-refractivity contribution is -0.0710. The van der Waals surface area contributed by atoms with Crippen LogP contribution in [0.4, 0.5) is 0 Å². The maximum Gasteiger partial charge on any atom is 0.124 e. The number of nitrogens with zero attached hydrogens (tertiary/aromatic N) is 1. The van der Waals surface area contributed by atoms with Crippen molar-refractivity contribution in [1.29, 1.82) is 5.26 Å². The number of hydrogen-bond acceptors (Lipinski definition) is 3. The molecule has 3 nitrogen and oxygen atoms in total. The second-order valence-corrected chi connectivity index (χ2v) is 6.32. The third-order valence-corrected chi connectivity index (χ3v) is 5.31. The average Bonchev–Trinajstić information content (AvgIpc) is 2.54. The van der Waals surface area contributed by atoms with Crippen molar-refractivity contribution in [2.45, 2.75) is 51.6 Å². The zero-order chi connectivity index (χ0) is 15.5. The second kappa shape index (κ2) is 6.07. The van der Waals surface area contributed by atoms with Gasteiger partial charge in [-0.05, 0) is 44.6 Å². The minimum absolute atomic E-state index is 0.648. The summed E-state index contributed by atoms with van der Waals surface area (Å²) in [6.45, 7) is 3.96. The average molecular weight is 287 g/mol. The molecule has 21 heavy (non-hydrogen) atoms. The van der Waals surface area contributed by atoms with Crippen LogP contribution < -0.4 is 4.74 Å². The van der Waals surface area contributed by atoms with E-state index in [-0.39, 0.29) is 0 Å². The standard InChI is InChI=1S/C18H25NO2/c1-4-14-9-11-18(13-19,12-10-14)17(2,20)15-7-5-6-8-16(15)21-3/h5-8,14,20H,4,9-12H2,1-3H3. The summed E-state index contributed by atoms with van der Waals surface area (Å²) >= 11 is 0. The molecule has 1 aliphatic carbocycles. The van der Waals surface area contributed by atoms with E-state index in [4.69, 9.17) is 4.74 Å². The fourth-order valence-corrected chi connectivity index (χ4v) is 3.59. The molecule has 0 aliphatic heterocycles. The molecule has 1 saturated carbocycles. The number of benzene rings is 1. The van der Waals surface area contributed by atoms with Crippen LogP contribution in [0.25, 0.3) is 0 Å². The summed E-state index contributed by atoms with van der Waals surface area (Å²) in [5.41, 5.74) is -1.22. The van der Waals surface area contributed by atoms with Crippen LogP contribution in [0.5, 0.6) is 5.75 Å². The first-order chi connectivity index (χ1) is 10.0. The molecule has 0 amide bonds. The Morgan fingerprint density at radius 2 is 2.00 bits per heavy atom. The summed E-state index contributed by atoms with van der Waals surface area (Å²) < 4.78 is 5.38. The highest BCUT2D eigenvalue weighted by atomic mass is 16.5. The van der Waals surface area contributed by atoms with Crippen molar-refractivity contribution in [3.8, 4) is 11.8 Å². The molecule has 0 saturated heterocycles. The van der Waals surface area contributed by atoms with Crippen LogP contribution >= 0.6 is 0 Å². The van der Waals surface area contributed by atoms with Crippen molar-refractivity contribution in [2.75, 3.05) is 7.11 Å². The number of rotatable bonds is 4. The van der Waals surface area contributed by atoms with Crippen molar-refractivity contribution < 1.29 is 9.84 Å². The van der Waals surface area contributed by atoms with Gasteiger partial charge in [0.2, 0.25) is 0 Å². The Balaban J connectivity index is 2.39. The Morgan fingerprint density at radius 1 is 1.38 bits per heavy atom. The van der Waals surface area contributed by atoms with E-state index in [1.807, 2.05) is 24.3 Å². The van der Waals surface area contributed by atoms with Gasteiger partial charge in [0.05, 0.1) is 18.6 Å². The van der Waals surface area contributed by atoms with Crippen LogP contribution in [0.1, 0.15) is 51.5 Å². The Hall–Kier alpha value is -1.53. The van der Waals surface area contributed by atoms with Crippen LogP contribution in [0.15, 0.2) is 24.3 Å².